The highest BCUT2D eigenvalue weighted by atomic mass is 32.2. The van der Waals surface area contributed by atoms with E-state index < -0.39 is 10.8 Å². The summed E-state index contributed by atoms with van der Waals surface area (Å²) in [6, 6.07) is 13.7. The van der Waals surface area contributed by atoms with Crippen molar-refractivity contribution >= 4 is 29.4 Å². The molecule has 3 aliphatic rings. The van der Waals surface area contributed by atoms with Crippen molar-refractivity contribution in [3.05, 3.63) is 71.5 Å². The van der Waals surface area contributed by atoms with Crippen LogP contribution in [0.15, 0.2) is 59.8 Å². The standard InChI is InChI=1S/C25H23N5O4S/c1-14-17(7-8-19(27-14)34-16-5-3-2-4-6-16)25(23(31)28-15-10-12-33-13-15)21-20-18(29-24(32)30-21)9-11-26-22(20)35-25/h2-9,11,15,21H,10,12-13H2,1H3,(H,28,31)(H2,29,30,32). The first-order valence-corrected chi connectivity index (χ1v) is 12.2. The van der Waals surface area contributed by atoms with Crippen molar-refractivity contribution in [3.63, 3.8) is 0 Å². The molecule has 0 radical (unpaired) electrons. The number of carbonyl (C=O) groups is 2. The fourth-order valence-corrected chi connectivity index (χ4v) is 6.38. The van der Waals surface area contributed by atoms with Gasteiger partial charge in [0.25, 0.3) is 0 Å². The van der Waals surface area contributed by atoms with Crippen LogP contribution in [-0.2, 0) is 14.3 Å². The number of aromatic nitrogens is 2. The highest BCUT2D eigenvalue weighted by Crippen LogP contribution is 2.60. The van der Waals surface area contributed by atoms with Gasteiger partial charge in [0, 0.05) is 35.7 Å². The quantitative estimate of drug-likeness (QED) is 0.501. The Balaban J connectivity index is 1.44. The van der Waals surface area contributed by atoms with Gasteiger partial charge in [0.1, 0.15) is 10.8 Å². The van der Waals surface area contributed by atoms with Crippen molar-refractivity contribution in [1.29, 1.82) is 0 Å². The smallest absolute Gasteiger partial charge is 0.319 e. The van der Waals surface area contributed by atoms with Gasteiger partial charge in [0.15, 0.2) is 4.75 Å². The second kappa shape index (κ2) is 8.54. The predicted octanol–water partition coefficient (Wildman–Crippen LogP) is 3.66. The van der Waals surface area contributed by atoms with Gasteiger partial charge in [0.2, 0.25) is 11.8 Å². The topological polar surface area (TPSA) is 114 Å². The van der Waals surface area contributed by atoms with Gasteiger partial charge in [0.05, 0.1) is 24.4 Å². The van der Waals surface area contributed by atoms with Crippen LogP contribution < -0.4 is 20.7 Å². The first kappa shape index (κ1) is 21.9. The molecule has 0 aliphatic carbocycles. The Labute approximate surface area is 206 Å². The zero-order valence-electron chi connectivity index (χ0n) is 18.9. The van der Waals surface area contributed by atoms with Crippen molar-refractivity contribution in [1.82, 2.24) is 20.6 Å². The molecule has 0 bridgehead atoms. The van der Waals surface area contributed by atoms with E-state index in [0.717, 1.165) is 12.0 Å². The van der Waals surface area contributed by atoms with Gasteiger partial charge < -0.3 is 25.4 Å². The second-order valence-electron chi connectivity index (χ2n) is 8.68. The molecule has 3 aromatic rings. The number of aryl methyl sites for hydroxylation is 1. The number of hydrogen-bond acceptors (Lipinski definition) is 7. The number of nitrogens with one attached hydrogen (secondary N) is 3. The number of carbonyl (C=O) groups excluding carboxylic acids is 2. The summed E-state index contributed by atoms with van der Waals surface area (Å²) < 4.78 is 10.2. The molecule has 3 atom stereocenters. The second-order valence-corrected chi connectivity index (χ2v) is 9.91. The van der Waals surface area contributed by atoms with Crippen LogP contribution in [0, 0.1) is 6.92 Å². The number of anilines is 1. The molecule has 0 saturated carbocycles. The Bertz CT molecular complexity index is 1310. The summed E-state index contributed by atoms with van der Waals surface area (Å²) in [5.41, 5.74) is 2.78. The summed E-state index contributed by atoms with van der Waals surface area (Å²) in [6.07, 6.45) is 2.38. The SMILES string of the molecule is Cc1nc(Oc2ccccc2)ccc1C1(C(=O)NC2CCOC2)Sc2nccc3c2C1NC(=O)N3. The maximum Gasteiger partial charge on any atom is 0.319 e. The van der Waals surface area contributed by atoms with E-state index in [-0.39, 0.29) is 18.0 Å². The highest BCUT2D eigenvalue weighted by Gasteiger charge is 2.58. The third-order valence-electron chi connectivity index (χ3n) is 6.46. The van der Waals surface area contributed by atoms with Crippen LogP contribution in [0.3, 0.4) is 0 Å². The molecule has 2 aromatic heterocycles. The van der Waals surface area contributed by atoms with E-state index in [0.29, 0.717) is 46.8 Å². The zero-order chi connectivity index (χ0) is 24.0. The predicted molar refractivity (Wildman–Crippen MR) is 130 cm³/mol. The van der Waals surface area contributed by atoms with Crippen LogP contribution in [-0.4, -0.2) is 41.2 Å². The third-order valence-corrected chi connectivity index (χ3v) is 7.94. The van der Waals surface area contributed by atoms with Gasteiger partial charge in [-0.25, -0.2) is 14.8 Å². The van der Waals surface area contributed by atoms with Crippen LogP contribution in [0.5, 0.6) is 11.6 Å². The van der Waals surface area contributed by atoms with Crippen LogP contribution in [0.4, 0.5) is 10.5 Å². The lowest BCUT2D eigenvalue weighted by atomic mass is 9.83. The first-order chi connectivity index (χ1) is 17.0. The Morgan fingerprint density at radius 3 is 2.86 bits per heavy atom. The van der Waals surface area contributed by atoms with Crippen LogP contribution in [0.2, 0.25) is 0 Å². The third kappa shape index (κ3) is 3.69. The highest BCUT2D eigenvalue weighted by molar-refractivity contribution is 8.01. The van der Waals surface area contributed by atoms with Crippen LogP contribution >= 0.6 is 11.8 Å². The van der Waals surface area contributed by atoms with Crippen molar-refractivity contribution in [2.45, 2.75) is 35.2 Å². The Morgan fingerprint density at radius 1 is 1.23 bits per heavy atom. The minimum atomic E-state index is -1.20. The molecule has 0 spiro atoms. The van der Waals surface area contributed by atoms with Gasteiger partial charge in [-0.05, 0) is 37.6 Å². The van der Waals surface area contributed by atoms with Crippen molar-refractivity contribution in [3.8, 4) is 11.6 Å². The van der Waals surface area contributed by atoms with Crippen LogP contribution in [0.1, 0.15) is 29.3 Å². The summed E-state index contributed by atoms with van der Waals surface area (Å²) in [4.78, 5) is 35.9. The fourth-order valence-electron chi connectivity index (χ4n) is 4.85. The molecule has 6 rings (SSSR count). The van der Waals surface area contributed by atoms with E-state index in [4.69, 9.17) is 9.47 Å². The van der Waals surface area contributed by atoms with E-state index in [9.17, 15) is 9.59 Å². The number of amides is 3. The number of rotatable bonds is 5. The number of hydrogen-bond donors (Lipinski definition) is 3. The van der Waals surface area contributed by atoms with Gasteiger partial charge in [-0.15, -0.1) is 0 Å². The normalized spacial score (nSPS) is 24.3. The molecule has 3 aliphatic heterocycles. The maximum absolute atomic E-state index is 14.1. The summed E-state index contributed by atoms with van der Waals surface area (Å²) in [7, 11) is 0. The minimum absolute atomic E-state index is 0.0949. The molecule has 9 nitrogen and oxygen atoms in total. The molecular weight excluding hydrogens is 466 g/mol. The fraction of sp³-hybridized carbons (Fsp3) is 0.280. The van der Waals surface area contributed by atoms with Crippen molar-refractivity contribution < 1.29 is 19.1 Å². The number of benzene rings is 1. The molecule has 178 valence electrons. The number of pyridine rings is 2. The van der Waals surface area contributed by atoms with Gasteiger partial charge in [-0.2, -0.15) is 0 Å². The van der Waals surface area contributed by atoms with E-state index in [1.54, 1.807) is 18.3 Å². The molecule has 3 unspecified atom stereocenters. The van der Waals surface area contributed by atoms with Crippen molar-refractivity contribution in [2.75, 3.05) is 18.5 Å². The monoisotopic (exact) mass is 489 g/mol. The number of urea groups is 1. The number of para-hydroxylation sites is 1. The van der Waals surface area contributed by atoms with E-state index in [2.05, 4.69) is 25.9 Å². The van der Waals surface area contributed by atoms with Crippen molar-refractivity contribution in [2.24, 2.45) is 0 Å². The Kier molecular flexibility index (Phi) is 5.34. The molecule has 5 heterocycles. The summed E-state index contributed by atoms with van der Waals surface area (Å²) in [6.45, 7) is 2.91. The zero-order valence-corrected chi connectivity index (χ0v) is 19.7. The summed E-state index contributed by atoms with van der Waals surface area (Å²) in [5.74, 6) is 0.879. The maximum atomic E-state index is 14.1. The number of ether oxygens (including phenoxy) is 2. The van der Waals surface area contributed by atoms with Gasteiger partial charge in [-0.3, -0.25) is 4.79 Å². The lowest BCUT2D eigenvalue weighted by Gasteiger charge is -2.37. The largest absolute Gasteiger partial charge is 0.439 e. The van der Waals surface area contributed by atoms with Crippen LogP contribution in [0.25, 0.3) is 0 Å². The van der Waals surface area contributed by atoms with E-state index >= 15 is 0 Å². The minimum Gasteiger partial charge on any atom is -0.439 e. The molecule has 35 heavy (non-hydrogen) atoms. The first-order valence-electron chi connectivity index (χ1n) is 11.4. The number of nitrogens with zero attached hydrogens (tertiary/aromatic N) is 2. The lowest BCUT2D eigenvalue weighted by Crippen LogP contribution is -2.54. The molecule has 1 aromatic carbocycles. The molecule has 1 saturated heterocycles. The van der Waals surface area contributed by atoms with Gasteiger partial charge >= 0.3 is 6.03 Å². The molecule has 3 amide bonds. The number of thioether (sulfide) groups is 1. The molecule has 1 fully saturated rings. The molecule has 3 N–H and O–H groups in total. The average Bonchev–Trinajstić information content (AvgIpc) is 3.47. The molecular formula is C25H23N5O4S. The Hall–Kier alpha value is -3.63. The lowest BCUT2D eigenvalue weighted by molar-refractivity contribution is -0.125. The molecule has 10 heteroatoms. The van der Waals surface area contributed by atoms with Gasteiger partial charge in [-0.1, -0.05) is 30.0 Å². The van der Waals surface area contributed by atoms with E-state index in [1.165, 1.54) is 11.8 Å². The summed E-state index contributed by atoms with van der Waals surface area (Å²) in [5, 5.41) is 9.67. The summed E-state index contributed by atoms with van der Waals surface area (Å²) >= 11 is 1.34. The Morgan fingerprint density at radius 2 is 2.09 bits per heavy atom. The average molecular weight is 490 g/mol. The van der Waals surface area contributed by atoms with E-state index in [1.807, 2.05) is 43.3 Å².